The Morgan fingerprint density at radius 2 is 2.43 bits per heavy atom. The SMILES string of the molecule is O=C(O)Cn1cnc2occc2c1=O. The lowest BCUT2D eigenvalue weighted by Gasteiger charge is -1.99. The first kappa shape index (κ1) is 8.49. The maximum atomic E-state index is 11.5. The summed E-state index contributed by atoms with van der Waals surface area (Å²) in [4.78, 5) is 25.7. The molecule has 6 heteroatoms. The van der Waals surface area contributed by atoms with Gasteiger partial charge in [0.1, 0.15) is 18.3 Å². The molecular weight excluding hydrogens is 188 g/mol. The minimum Gasteiger partial charge on any atom is -0.480 e. The van der Waals surface area contributed by atoms with E-state index < -0.39 is 18.1 Å². The second-order valence-electron chi connectivity index (χ2n) is 2.71. The number of fused-ring (bicyclic) bond motifs is 1. The molecule has 0 aliphatic rings. The van der Waals surface area contributed by atoms with Crippen LogP contribution < -0.4 is 5.56 Å². The molecule has 0 unspecified atom stereocenters. The molecule has 2 aromatic heterocycles. The molecule has 2 rings (SSSR count). The Morgan fingerprint density at radius 3 is 3.14 bits per heavy atom. The zero-order valence-corrected chi connectivity index (χ0v) is 7.01. The molecular formula is C8H6N2O4. The average Bonchev–Trinajstić information content (AvgIpc) is 2.57. The fourth-order valence-corrected chi connectivity index (χ4v) is 1.15. The lowest BCUT2D eigenvalue weighted by molar-refractivity contribution is -0.137. The summed E-state index contributed by atoms with van der Waals surface area (Å²) in [6.07, 6.45) is 2.49. The minimum absolute atomic E-state index is 0.219. The van der Waals surface area contributed by atoms with Crippen LogP contribution in [0.1, 0.15) is 0 Å². The Balaban J connectivity index is 2.62. The number of furan rings is 1. The van der Waals surface area contributed by atoms with Gasteiger partial charge in [0.05, 0.1) is 6.26 Å². The Labute approximate surface area is 77.4 Å². The van der Waals surface area contributed by atoms with E-state index in [1.54, 1.807) is 0 Å². The molecule has 14 heavy (non-hydrogen) atoms. The highest BCUT2D eigenvalue weighted by Crippen LogP contribution is 2.05. The van der Waals surface area contributed by atoms with Crippen molar-refractivity contribution < 1.29 is 14.3 Å². The molecule has 0 aliphatic heterocycles. The fourth-order valence-electron chi connectivity index (χ4n) is 1.15. The van der Waals surface area contributed by atoms with Gasteiger partial charge in [0.2, 0.25) is 5.71 Å². The zero-order chi connectivity index (χ0) is 10.1. The normalized spacial score (nSPS) is 10.6. The topological polar surface area (TPSA) is 85.3 Å². The fraction of sp³-hybridized carbons (Fsp3) is 0.125. The molecule has 2 heterocycles. The van der Waals surface area contributed by atoms with Crippen LogP contribution in [0.15, 0.2) is 27.9 Å². The number of hydrogen-bond acceptors (Lipinski definition) is 4. The summed E-state index contributed by atoms with van der Waals surface area (Å²) in [5.41, 5.74) is -0.192. The predicted molar refractivity (Wildman–Crippen MR) is 45.9 cm³/mol. The van der Waals surface area contributed by atoms with Crippen molar-refractivity contribution >= 4 is 17.1 Å². The molecule has 0 fully saturated rings. The summed E-state index contributed by atoms with van der Waals surface area (Å²) in [5, 5.41) is 8.79. The van der Waals surface area contributed by atoms with Crippen LogP contribution in [0.2, 0.25) is 0 Å². The van der Waals surface area contributed by atoms with Crippen LogP contribution in [0, 0.1) is 0 Å². The maximum Gasteiger partial charge on any atom is 0.323 e. The van der Waals surface area contributed by atoms with Gasteiger partial charge in [-0.15, -0.1) is 0 Å². The Bertz CT molecular complexity index is 540. The number of nitrogens with zero attached hydrogens (tertiary/aromatic N) is 2. The molecule has 0 aliphatic carbocycles. The van der Waals surface area contributed by atoms with E-state index in [4.69, 9.17) is 9.52 Å². The number of rotatable bonds is 2. The zero-order valence-electron chi connectivity index (χ0n) is 7.01. The van der Waals surface area contributed by atoms with Crippen LogP contribution in [0.4, 0.5) is 0 Å². The van der Waals surface area contributed by atoms with Crippen molar-refractivity contribution in [3.8, 4) is 0 Å². The number of carbonyl (C=O) groups is 1. The van der Waals surface area contributed by atoms with E-state index in [0.717, 1.165) is 10.9 Å². The van der Waals surface area contributed by atoms with Gasteiger partial charge in [-0.05, 0) is 6.07 Å². The molecule has 6 nitrogen and oxygen atoms in total. The summed E-state index contributed by atoms with van der Waals surface area (Å²) >= 11 is 0. The largest absolute Gasteiger partial charge is 0.480 e. The van der Waals surface area contributed by atoms with E-state index in [-0.39, 0.29) is 11.1 Å². The molecule has 0 aromatic carbocycles. The standard InChI is InChI=1S/C8H6N2O4/c11-6(12)3-10-4-9-7-5(8(10)13)1-2-14-7/h1-2,4H,3H2,(H,11,12). The summed E-state index contributed by atoms with van der Waals surface area (Å²) in [6.45, 7) is -0.396. The van der Waals surface area contributed by atoms with Crippen LogP contribution in [0.5, 0.6) is 0 Å². The van der Waals surface area contributed by atoms with Gasteiger partial charge in [-0.1, -0.05) is 0 Å². The van der Waals surface area contributed by atoms with Gasteiger partial charge in [-0.2, -0.15) is 0 Å². The third kappa shape index (κ3) is 1.26. The number of hydrogen-bond donors (Lipinski definition) is 1. The average molecular weight is 194 g/mol. The maximum absolute atomic E-state index is 11.5. The van der Waals surface area contributed by atoms with Gasteiger partial charge in [0.25, 0.3) is 5.56 Å². The molecule has 1 N–H and O–H groups in total. The summed E-state index contributed by atoms with van der Waals surface area (Å²) in [7, 11) is 0. The van der Waals surface area contributed by atoms with Crippen LogP contribution in [0.25, 0.3) is 11.1 Å². The smallest absolute Gasteiger partial charge is 0.323 e. The van der Waals surface area contributed by atoms with Crippen molar-refractivity contribution in [1.82, 2.24) is 9.55 Å². The third-order valence-corrected chi connectivity index (χ3v) is 1.76. The van der Waals surface area contributed by atoms with Crippen molar-refractivity contribution in [2.75, 3.05) is 0 Å². The molecule has 0 bridgehead atoms. The van der Waals surface area contributed by atoms with E-state index in [2.05, 4.69) is 4.98 Å². The quantitative estimate of drug-likeness (QED) is 0.731. The van der Waals surface area contributed by atoms with Gasteiger partial charge >= 0.3 is 5.97 Å². The monoisotopic (exact) mass is 194 g/mol. The van der Waals surface area contributed by atoms with E-state index in [9.17, 15) is 9.59 Å². The highest BCUT2D eigenvalue weighted by Gasteiger charge is 2.07. The Kier molecular flexibility index (Phi) is 1.81. The minimum atomic E-state index is -1.09. The summed E-state index contributed by atoms with van der Waals surface area (Å²) < 4.78 is 5.90. The Morgan fingerprint density at radius 1 is 1.64 bits per heavy atom. The summed E-state index contributed by atoms with van der Waals surface area (Å²) in [6, 6.07) is 1.46. The van der Waals surface area contributed by atoms with E-state index in [1.807, 2.05) is 0 Å². The number of carboxylic acid groups (broad SMARTS) is 1. The first-order valence-electron chi connectivity index (χ1n) is 3.83. The van der Waals surface area contributed by atoms with Gasteiger partial charge in [-0.25, -0.2) is 4.98 Å². The van der Waals surface area contributed by atoms with Gasteiger partial charge in [0, 0.05) is 0 Å². The van der Waals surface area contributed by atoms with Gasteiger partial charge in [0.15, 0.2) is 0 Å². The predicted octanol–water partition coefficient (Wildman–Crippen LogP) is 0.0741. The van der Waals surface area contributed by atoms with Gasteiger partial charge in [-0.3, -0.25) is 14.2 Å². The van der Waals surface area contributed by atoms with Crippen molar-refractivity contribution in [2.45, 2.75) is 6.54 Å². The summed E-state index contributed by atoms with van der Waals surface area (Å²) in [5.74, 6) is -1.09. The Hall–Kier alpha value is -2.11. The van der Waals surface area contributed by atoms with Crippen molar-refractivity contribution in [2.24, 2.45) is 0 Å². The number of carboxylic acids is 1. The first-order chi connectivity index (χ1) is 6.68. The van der Waals surface area contributed by atoms with Crippen LogP contribution in [0.3, 0.4) is 0 Å². The highest BCUT2D eigenvalue weighted by atomic mass is 16.4. The lowest BCUT2D eigenvalue weighted by Crippen LogP contribution is -2.23. The second kappa shape index (κ2) is 2.99. The van der Waals surface area contributed by atoms with Crippen LogP contribution >= 0.6 is 0 Å². The van der Waals surface area contributed by atoms with Crippen LogP contribution in [-0.2, 0) is 11.3 Å². The molecule has 0 saturated carbocycles. The lowest BCUT2D eigenvalue weighted by atomic mass is 10.4. The third-order valence-electron chi connectivity index (χ3n) is 1.76. The number of aromatic nitrogens is 2. The molecule has 0 amide bonds. The number of aliphatic carboxylic acids is 1. The molecule has 2 aromatic rings. The van der Waals surface area contributed by atoms with E-state index in [1.165, 1.54) is 12.3 Å². The molecule has 0 radical (unpaired) electrons. The molecule has 72 valence electrons. The van der Waals surface area contributed by atoms with E-state index in [0.29, 0.717) is 0 Å². The van der Waals surface area contributed by atoms with Gasteiger partial charge < -0.3 is 9.52 Å². The van der Waals surface area contributed by atoms with Crippen molar-refractivity contribution in [3.63, 3.8) is 0 Å². The van der Waals surface area contributed by atoms with Crippen molar-refractivity contribution in [3.05, 3.63) is 29.0 Å². The van der Waals surface area contributed by atoms with Crippen LogP contribution in [-0.4, -0.2) is 20.6 Å². The molecule has 0 atom stereocenters. The first-order valence-corrected chi connectivity index (χ1v) is 3.83. The second-order valence-corrected chi connectivity index (χ2v) is 2.71. The molecule has 0 spiro atoms. The highest BCUT2D eigenvalue weighted by molar-refractivity contribution is 5.72. The van der Waals surface area contributed by atoms with Crippen molar-refractivity contribution in [1.29, 1.82) is 0 Å². The molecule has 0 saturated heterocycles. The van der Waals surface area contributed by atoms with E-state index >= 15 is 0 Å².